The lowest BCUT2D eigenvalue weighted by atomic mass is 10.00. The molecule has 1 aliphatic carbocycles. The molecule has 0 spiro atoms. The number of sulfone groups is 1. The first-order valence-electron chi connectivity index (χ1n) is 14.1. The van der Waals surface area contributed by atoms with Crippen LogP contribution in [0, 0.1) is 5.82 Å². The van der Waals surface area contributed by atoms with Crippen molar-refractivity contribution < 1.29 is 17.6 Å². The Hall–Kier alpha value is -4.36. The van der Waals surface area contributed by atoms with Gasteiger partial charge in [0.15, 0.2) is 15.5 Å². The molecular weight excluding hydrogens is 609 g/mol. The number of hydrogen-bond donors (Lipinski definition) is 1. The topological polar surface area (TPSA) is 144 Å². The van der Waals surface area contributed by atoms with E-state index >= 15 is 4.39 Å². The average molecular weight is 638 g/mol. The maximum atomic E-state index is 15.1. The number of anilines is 2. The predicted octanol–water partition coefficient (Wildman–Crippen LogP) is 3.77. The lowest BCUT2D eigenvalue weighted by Gasteiger charge is -2.40. The van der Waals surface area contributed by atoms with Crippen LogP contribution in [0.15, 0.2) is 65.1 Å². The van der Waals surface area contributed by atoms with Gasteiger partial charge in [0.05, 0.1) is 43.7 Å². The maximum absolute atomic E-state index is 15.1. The van der Waals surface area contributed by atoms with Crippen LogP contribution < -0.4 is 16.3 Å². The van der Waals surface area contributed by atoms with Gasteiger partial charge < -0.3 is 15.5 Å². The predicted molar refractivity (Wildman–Crippen MR) is 166 cm³/mol. The van der Waals surface area contributed by atoms with Crippen molar-refractivity contribution in [1.82, 2.24) is 24.4 Å². The summed E-state index contributed by atoms with van der Waals surface area (Å²) in [4.78, 5) is 42.9. The molecule has 1 aliphatic heterocycles. The van der Waals surface area contributed by atoms with Gasteiger partial charge in [-0.3, -0.25) is 9.78 Å². The van der Waals surface area contributed by atoms with Crippen molar-refractivity contribution in [3.63, 3.8) is 0 Å². The first-order chi connectivity index (χ1) is 21.0. The number of nitrogens with zero attached hydrogens (tertiary/aromatic N) is 6. The van der Waals surface area contributed by atoms with Crippen molar-refractivity contribution in [1.29, 1.82) is 0 Å². The molecule has 0 bridgehead atoms. The molecule has 3 aromatic heterocycles. The van der Waals surface area contributed by atoms with Crippen LogP contribution in [0.1, 0.15) is 26.2 Å². The third kappa shape index (κ3) is 4.89. The Balaban J connectivity index is 1.63. The Labute approximate surface area is 257 Å². The molecule has 1 aromatic carbocycles. The number of benzene rings is 1. The molecule has 1 amide bonds. The Morgan fingerprint density at radius 3 is 2.64 bits per heavy atom. The second kappa shape index (κ2) is 11.3. The first-order valence-corrected chi connectivity index (χ1v) is 16.0. The summed E-state index contributed by atoms with van der Waals surface area (Å²) in [5.41, 5.74) is 5.29. The van der Waals surface area contributed by atoms with Crippen molar-refractivity contribution in [3.05, 3.63) is 76.7 Å². The normalized spacial score (nSPS) is 17.5. The van der Waals surface area contributed by atoms with Gasteiger partial charge in [0.2, 0.25) is 5.91 Å². The SMILES string of the molecule is C=CC(=O)N1CCN(c2nc(=O)n(-c3cnccc3S(=O)(=O)C3CCC3)c3nc(-c4c(N)cccc4F)c(Cl)cc23)[C@@H](C)C1. The van der Waals surface area contributed by atoms with Crippen LogP contribution in [0.5, 0.6) is 0 Å². The van der Waals surface area contributed by atoms with Gasteiger partial charge >= 0.3 is 5.69 Å². The molecule has 2 fully saturated rings. The number of fused-ring (bicyclic) bond motifs is 1. The smallest absolute Gasteiger partial charge is 0.355 e. The standard InChI is InChI=1S/C30H29ClFN7O4S/c1-3-25(40)37-12-13-38(17(2)16-37)28-19-14-20(31)27(26-21(32)8-5-9-22(26)33)35-29(19)39(30(41)36-28)23-15-34-11-10-24(23)44(42,43)18-6-4-7-18/h3,5,8-11,14-15,17-18H,1,4,6-7,12-13,16,33H2,2H3/t17-/m0/s1. The molecule has 4 heterocycles. The van der Waals surface area contributed by atoms with Crippen LogP contribution in [0.25, 0.3) is 28.0 Å². The number of carbonyl (C=O) groups excluding carboxylic acids is 1. The Bertz CT molecular complexity index is 1980. The average Bonchev–Trinajstić information content (AvgIpc) is 2.96. The summed E-state index contributed by atoms with van der Waals surface area (Å²) in [5, 5.41) is -0.215. The summed E-state index contributed by atoms with van der Waals surface area (Å²) < 4.78 is 43.5. The van der Waals surface area contributed by atoms with E-state index in [1.54, 1.807) is 4.90 Å². The number of halogens is 2. The van der Waals surface area contributed by atoms with Crippen molar-refractivity contribution >= 4 is 49.9 Å². The van der Waals surface area contributed by atoms with Gasteiger partial charge in [0, 0.05) is 37.6 Å². The summed E-state index contributed by atoms with van der Waals surface area (Å²) in [6.07, 6.45) is 5.70. The molecule has 0 unspecified atom stereocenters. The minimum atomic E-state index is -3.82. The summed E-state index contributed by atoms with van der Waals surface area (Å²) in [7, 11) is -3.82. The number of nitrogen functional groups attached to an aromatic ring is 1. The molecule has 44 heavy (non-hydrogen) atoms. The number of amides is 1. The Morgan fingerprint density at radius 2 is 1.98 bits per heavy atom. The molecule has 11 nitrogen and oxygen atoms in total. The third-order valence-corrected chi connectivity index (χ3v) is 10.9. The zero-order chi connectivity index (χ0) is 31.3. The van der Waals surface area contributed by atoms with Crippen LogP contribution in [0.2, 0.25) is 5.02 Å². The van der Waals surface area contributed by atoms with Gasteiger partial charge in [-0.15, -0.1) is 0 Å². The second-order valence-electron chi connectivity index (χ2n) is 10.9. The first kappa shape index (κ1) is 29.7. The second-order valence-corrected chi connectivity index (χ2v) is 13.5. The van der Waals surface area contributed by atoms with E-state index in [4.69, 9.17) is 17.3 Å². The van der Waals surface area contributed by atoms with Gasteiger partial charge in [-0.25, -0.2) is 27.2 Å². The fourth-order valence-electron chi connectivity index (χ4n) is 5.75. The number of aromatic nitrogens is 4. The van der Waals surface area contributed by atoms with Crippen molar-refractivity contribution in [2.45, 2.75) is 42.4 Å². The molecule has 0 radical (unpaired) electrons. The number of pyridine rings is 2. The summed E-state index contributed by atoms with van der Waals surface area (Å²) >= 11 is 6.73. The van der Waals surface area contributed by atoms with Gasteiger partial charge in [-0.1, -0.05) is 30.7 Å². The lowest BCUT2D eigenvalue weighted by molar-refractivity contribution is -0.126. The van der Waals surface area contributed by atoms with E-state index in [2.05, 4.69) is 21.5 Å². The molecule has 6 rings (SSSR count). The largest absolute Gasteiger partial charge is 0.398 e. The van der Waals surface area contributed by atoms with Crippen molar-refractivity contribution in [3.8, 4) is 16.9 Å². The van der Waals surface area contributed by atoms with Crippen LogP contribution in [-0.4, -0.2) is 69.7 Å². The van der Waals surface area contributed by atoms with Crippen molar-refractivity contribution in [2.75, 3.05) is 30.3 Å². The van der Waals surface area contributed by atoms with Crippen molar-refractivity contribution in [2.24, 2.45) is 0 Å². The molecule has 1 saturated carbocycles. The van der Waals surface area contributed by atoms with Gasteiger partial charge in [-0.05, 0) is 50.1 Å². The van der Waals surface area contributed by atoms with Crippen LogP contribution in [0.3, 0.4) is 0 Å². The van der Waals surface area contributed by atoms with Gasteiger partial charge in [0.25, 0.3) is 0 Å². The van der Waals surface area contributed by atoms with Crippen LogP contribution in [0.4, 0.5) is 15.9 Å². The van der Waals surface area contributed by atoms with Gasteiger partial charge in [0.1, 0.15) is 11.6 Å². The Morgan fingerprint density at radius 1 is 1.20 bits per heavy atom. The Kier molecular flexibility index (Phi) is 7.62. The molecule has 228 valence electrons. The minimum absolute atomic E-state index is 0.00286. The summed E-state index contributed by atoms with van der Waals surface area (Å²) in [6.45, 7) is 6.47. The number of nitrogens with two attached hydrogens (primary N) is 1. The number of piperazine rings is 1. The zero-order valence-corrected chi connectivity index (χ0v) is 25.4. The third-order valence-electron chi connectivity index (χ3n) is 8.27. The molecular formula is C30H29ClFN7O4S. The van der Waals surface area contributed by atoms with Crippen LogP contribution in [-0.2, 0) is 14.6 Å². The number of hydrogen-bond acceptors (Lipinski definition) is 9. The molecule has 14 heteroatoms. The number of rotatable bonds is 6. The fourth-order valence-corrected chi connectivity index (χ4v) is 8.00. The molecule has 1 saturated heterocycles. The monoisotopic (exact) mass is 637 g/mol. The minimum Gasteiger partial charge on any atom is -0.398 e. The van der Waals surface area contributed by atoms with E-state index in [1.807, 2.05) is 11.8 Å². The van der Waals surface area contributed by atoms with E-state index in [0.717, 1.165) is 11.0 Å². The maximum Gasteiger partial charge on any atom is 0.355 e. The quantitative estimate of drug-likeness (QED) is 0.247. The summed E-state index contributed by atoms with van der Waals surface area (Å²) in [5.74, 6) is -0.638. The molecule has 2 aliphatic rings. The van der Waals surface area contributed by atoms with E-state index in [1.165, 1.54) is 48.8 Å². The zero-order valence-electron chi connectivity index (χ0n) is 23.8. The molecule has 2 N–H and O–H groups in total. The highest BCUT2D eigenvalue weighted by molar-refractivity contribution is 7.92. The van der Waals surface area contributed by atoms with E-state index in [-0.39, 0.29) is 56.0 Å². The van der Waals surface area contributed by atoms with E-state index in [9.17, 15) is 18.0 Å². The summed E-state index contributed by atoms with van der Waals surface area (Å²) in [6, 6.07) is 6.78. The molecule has 4 aromatic rings. The highest BCUT2D eigenvalue weighted by Gasteiger charge is 2.36. The number of carbonyl (C=O) groups is 1. The van der Waals surface area contributed by atoms with Gasteiger partial charge in [-0.2, -0.15) is 4.98 Å². The highest BCUT2D eigenvalue weighted by Crippen LogP contribution is 2.38. The van der Waals surface area contributed by atoms with Crippen LogP contribution >= 0.6 is 11.6 Å². The lowest BCUT2D eigenvalue weighted by Crippen LogP contribution is -2.54. The highest BCUT2D eigenvalue weighted by atomic mass is 35.5. The van der Waals surface area contributed by atoms with E-state index < -0.39 is 26.6 Å². The fraction of sp³-hybridized carbons (Fsp3) is 0.300. The molecule has 1 atom stereocenters. The van der Waals surface area contributed by atoms with E-state index in [0.29, 0.717) is 37.9 Å².